The molecule has 2 aliphatic heterocycles. The van der Waals surface area contributed by atoms with Gasteiger partial charge in [-0.3, -0.25) is 4.79 Å². The zero-order chi connectivity index (χ0) is 21.7. The minimum atomic E-state index is -0.335. The monoisotopic (exact) mass is 422 g/mol. The molecule has 2 fully saturated rings. The van der Waals surface area contributed by atoms with Crippen LogP contribution in [0.4, 0.5) is 5.82 Å². The Bertz CT molecular complexity index is 1150. The smallest absolute Gasteiger partial charge is 0.320 e. The number of anilines is 1. The van der Waals surface area contributed by atoms with Crippen molar-refractivity contribution in [3.05, 3.63) is 35.5 Å². The number of carbonyl (C=O) groups is 1. The van der Waals surface area contributed by atoms with Gasteiger partial charge in [0.2, 0.25) is 5.91 Å². The molecule has 2 saturated heterocycles. The number of aromatic nitrogens is 4. The first kappa shape index (κ1) is 19.7. The summed E-state index contributed by atoms with van der Waals surface area (Å²) in [5, 5.41) is 15.3. The van der Waals surface area contributed by atoms with Crippen LogP contribution in [0.1, 0.15) is 29.9 Å². The van der Waals surface area contributed by atoms with Crippen LogP contribution in [0.3, 0.4) is 0 Å². The summed E-state index contributed by atoms with van der Waals surface area (Å²) < 4.78 is 7.11. The SMILES string of the molecule is COc1nc(N2CC(O)C2)cc(-n2ncc3cc(C)c(C4CCN(C)C(=O)C4)cc32)n1. The number of hydrogen-bond acceptors (Lipinski definition) is 7. The molecule has 2 aliphatic rings. The molecule has 0 saturated carbocycles. The summed E-state index contributed by atoms with van der Waals surface area (Å²) in [6.45, 7) is 3.93. The summed E-state index contributed by atoms with van der Waals surface area (Å²) in [7, 11) is 3.40. The van der Waals surface area contributed by atoms with Crippen molar-refractivity contribution >= 4 is 22.6 Å². The molecule has 162 valence electrons. The first-order valence-corrected chi connectivity index (χ1v) is 10.5. The Morgan fingerprint density at radius 3 is 2.65 bits per heavy atom. The first-order valence-electron chi connectivity index (χ1n) is 10.5. The Hall–Kier alpha value is -3.20. The summed E-state index contributed by atoms with van der Waals surface area (Å²) in [6.07, 6.45) is 2.97. The third-order valence-electron chi connectivity index (χ3n) is 6.32. The molecule has 1 aromatic carbocycles. The number of piperidine rings is 1. The summed E-state index contributed by atoms with van der Waals surface area (Å²) in [6, 6.07) is 6.38. The van der Waals surface area contributed by atoms with Crippen molar-refractivity contribution in [3.63, 3.8) is 0 Å². The Labute approximate surface area is 180 Å². The number of aliphatic hydroxyl groups excluding tert-OH is 1. The van der Waals surface area contributed by atoms with Crippen molar-refractivity contribution < 1.29 is 14.6 Å². The van der Waals surface area contributed by atoms with Crippen LogP contribution in [0.15, 0.2) is 24.4 Å². The van der Waals surface area contributed by atoms with Crippen LogP contribution < -0.4 is 9.64 Å². The van der Waals surface area contributed by atoms with Crippen LogP contribution in [0, 0.1) is 6.92 Å². The fraction of sp³-hybridized carbons (Fsp3) is 0.455. The minimum Gasteiger partial charge on any atom is -0.467 e. The van der Waals surface area contributed by atoms with Gasteiger partial charge in [0, 0.05) is 44.6 Å². The van der Waals surface area contributed by atoms with Crippen LogP contribution in [0.25, 0.3) is 16.7 Å². The largest absolute Gasteiger partial charge is 0.467 e. The fourth-order valence-corrected chi connectivity index (χ4v) is 4.44. The second-order valence-electron chi connectivity index (χ2n) is 8.46. The summed E-state index contributed by atoms with van der Waals surface area (Å²) in [5.74, 6) is 1.69. The van der Waals surface area contributed by atoms with Crippen molar-refractivity contribution in [2.24, 2.45) is 0 Å². The number of benzene rings is 1. The van der Waals surface area contributed by atoms with Gasteiger partial charge < -0.3 is 19.6 Å². The van der Waals surface area contributed by atoms with Gasteiger partial charge in [-0.25, -0.2) is 4.68 Å². The molecule has 0 spiro atoms. The van der Waals surface area contributed by atoms with E-state index in [4.69, 9.17) is 4.74 Å². The lowest BCUT2D eigenvalue weighted by atomic mass is 9.86. The Balaban J connectivity index is 1.56. The molecule has 1 N–H and O–H groups in total. The predicted octanol–water partition coefficient (Wildman–Crippen LogP) is 1.65. The number of ether oxygens (including phenoxy) is 1. The van der Waals surface area contributed by atoms with Gasteiger partial charge in [-0.2, -0.15) is 15.1 Å². The van der Waals surface area contributed by atoms with Crippen molar-refractivity contribution in [2.45, 2.75) is 31.8 Å². The van der Waals surface area contributed by atoms with E-state index >= 15 is 0 Å². The zero-order valence-corrected chi connectivity index (χ0v) is 17.9. The third kappa shape index (κ3) is 3.48. The van der Waals surface area contributed by atoms with Crippen molar-refractivity contribution in [1.82, 2.24) is 24.6 Å². The van der Waals surface area contributed by atoms with Crippen LogP contribution in [-0.2, 0) is 4.79 Å². The highest BCUT2D eigenvalue weighted by molar-refractivity contribution is 5.83. The van der Waals surface area contributed by atoms with Gasteiger partial charge in [-0.1, -0.05) is 0 Å². The molecule has 31 heavy (non-hydrogen) atoms. The Morgan fingerprint density at radius 2 is 1.94 bits per heavy atom. The normalized spacial score (nSPS) is 19.7. The molecule has 0 radical (unpaired) electrons. The Morgan fingerprint density at radius 1 is 1.16 bits per heavy atom. The average molecular weight is 422 g/mol. The van der Waals surface area contributed by atoms with Gasteiger partial charge >= 0.3 is 6.01 Å². The van der Waals surface area contributed by atoms with Gasteiger partial charge in [0.15, 0.2) is 5.82 Å². The van der Waals surface area contributed by atoms with Gasteiger partial charge in [0.05, 0.1) is 24.9 Å². The molecule has 3 aromatic rings. The lowest BCUT2D eigenvalue weighted by Crippen LogP contribution is -2.51. The minimum absolute atomic E-state index is 0.186. The molecule has 1 atom stereocenters. The van der Waals surface area contributed by atoms with Crippen molar-refractivity contribution in [3.8, 4) is 11.8 Å². The third-order valence-corrected chi connectivity index (χ3v) is 6.32. The van der Waals surface area contributed by atoms with Crippen LogP contribution >= 0.6 is 0 Å². The lowest BCUT2D eigenvalue weighted by molar-refractivity contribution is -0.132. The van der Waals surface area contributed by atoms with Gasteiger partial charge in [0.1, 0.15) is 5.82 Å². The van der Waals surface area contributed by atoms with Gasteiger partial charge in [0.25, 0.3) is 0 Å². The highest BCUT2D eigenvalue weighted by atomic mass is 16.5. The van der Waals surface area contributed by atoms with E-state index in [2.05, 4.69) is 34.1 Å². The van der Waals surface area contributed by atoms with E-state index < -0.39 is 0 Å². The molecule has 1 amide bonds. The van der Waals surface area contributed by atoms with Crippen LogP contribution in [0.2, 0.25) is 0 Å². The number of carbonyl (C=O) groups excluding carboxylic acids is 1. The molecule has 0 aliphatic carbocycles. The van der Waals surface area contributed by atoms with Crippen molar-refractivity contribution in [1.29, 1.82) is 0 Å². The van der Waals surface area contributed by atoms with E-state index in [9.17, 15) is 9.90 Å². The number of rotatable bonds is 4. The Kier molecular flexibility index (Phi) is 4.77. The maximum absolute atomic E-state index is 12.3. The van der Waals surface area contributed by atoms with Crippen molar-refractivity contribution in [2.75, 3.05) is 38.7 Å². The van der Waals surface area contributed by atoms with Gasteiger partial charge in [-0.15, -0.1) is 0 Å². The first-order chi connectivity index (χ1) is 14.9. The maximum atomic E-state index is 12.3. The number of hydrogen-bond donors (Lipinski definition) is 1. The molecule has 0 bridgehead atoms. The highest BCUT2D eigenvalue weighted by Gasteiger charge is 2.28. The summed E-state index contributed by atoms with van der Waals surface area (Å²) in [4.78, 5) is 25.0. The maximum Gasteiger partial charge on any atom is 0.320 e. The molecule has 2 aromatic heterocycles. The van der Waals surface area contributed by atoms with E-state index in [1.807, 2.05) is 24.2 Å². The lowest BCUT2D eigenvalue weighted by Gasteiger charge is -2.36. The van der Waals surface area contributed by atoms with Crippen LogP contribution in [0.5, 0.6) is 6.01 Å². The second kappa shape index (κ2) is 7.49. The van der Waals surface area contributed by atoms with E-state index in [1.165, 1.54) is 18.2 Å². The number of aliphatic hydroxyl groups is 1. The number of β-amino-alcohol motifs (C(OH)–C–C–N with tert-alkyl or cyclic N) is 1. The number of methoxy groups -OCH3 is 1. The van der Waals surface area contributed by atoms with Crippen LogP contribution in [-0.4, -0.2) is 75.6 Å². The number of nitrogens with zero attached hydrogens (tertiary/aromatic N) is 6. The zero-order valence-electron chi connectivity index (χ0n) is 17.9. The average Bonchev–Trinajstić information content (AvgIpc) is 3.15. The molecule has 9 heteroatoms. The van der Waals surface area contributed by atoms with Gasteiger partial charge in [-0.05, 0) is 42.5 Å². The summed E-state index contributed by atoms with van der Waals surface area (Å²) in [5.41, 5.74) is 3.29. The molecule has 5 rings (SSSR count). The second-order valence-corrected chi connectivity index (χ2v) is 8.46. The summed E-state index contributed by atoms with van der Waals surface area (Å²) >= 11 is 0. The molecule has 4 heterocycles. The molecular weight excluding hydrogens is 396 g/mol. The number of aryl methyl sites for hydroxylation is 1. The molecular formula is C22H26N6O3. The van der Waals surface area contributed by atoms with E-state index in [1.54, 1.807) is 9.58 Å². The quantitative estimate of drug-likeness (QED) is 0.683. The molecule has 9 nitrogen and oxygen atoms in total. The number of amides is 1. The topological polar surface area (TPSA) is 96.6 Å². The fourth-order valence-electron chi connectivity index (χ4n) is 4.44. The highest BCUT2D eigenvalue weighted by Crippen LogP contribution is 2.34. The standard InChI is InChI=1S/C22H26N6O3/c1-13-6-15-10-23-28(18(15)8-17(13)14-4-5-26(2)21(30)7-14)20-9-19(24-22(25-20)31-3)27-11-16(29)12-27/h6,8-10,14,16,29H,4-5,7,11-12H2,1-3H3. The molecule has 1 unspecified atom stereocenters. The van der Waals surface area contributed by atoms with E-state index in [0.29, 0.717) is 31.1 Å². The predicted molar refractivity (Wildman–Crippen MR) is 116 cm³/mol. The van der Waals surface area contributed by atoms with E-state index in [0.717, 1.165) is 23.9 Å². The number of fused-ring (bicyclic) bond motifs is 1. The van der Waals surface area contributed by atoms with E-state index in [-0.39, 0.29) is 23.9 Å². The number of likely N-dealkylation sites (tertiary alicyclic amines) is 1.